The van der Waals surface area contributed by atoms with Crippen LogP contribution in [0, 0.1) is 0 Å². The van der Waals surface area contributed by atoms with Gasteiger partial charge in [-0.2, -0.15) is 0 Å². The van der Waals surface area contributed by atoms with Crippen molar-refractivity contribution in [2.24, 2.45) is 0 Å². The van der Waals surface area contributed by atoms with Gasteiger partial charge >= 0.3 is 0 Å². The lowest BCUT2D eigenvalue weighted by atomic mass is 10.0. The summed E-state index contributed by atoms with van der Waals surface area (Å²) in [5.41, 5.74) is 0. The molecule has 0 radical (unpaired) electrons. The van der Waals surface area contributed by atoms with Gasteiger partial charge in [0.05, 0.1) is 13.2 Å². The van der Waals surface area contributed by atoms with Gasteiger partial charge in [-0.25, -0.2) is 0 Å². The molecule has 4 atom stereocenters. The molecule has 0 aromatic rings. The molecule has 1 heterocycles. The van der Waals surface area contributed by atoms with Crippen molar-refractivity contribution in [2.75, 3.05) is 27.4 Å². The van der Waals surface area contributed by atoms with Gasteiger partial charge in [0.2, 0.25) is 11.6 Å². The fourth-order valence-corrected chi connectivity index (χ4v) is 1.72. The van der Waals surface area contributed by atoms with Gasteiger partial charge in [-0.3, -0.25) is 0 Å². The van der Waals surface area contributed by atoms with E-state index in [9.17, 15) is 0 Å². The van der Waals surface area contributed by atoms with E-state index in [1.165, 1.54) is 14.2 Å². The monoisotopic (exact) mass is 236 g/mol. The molecule has 1 aliphatic heterocycles. The highest BCUT2D eigenvalue weighted by atomic mass is 16.8. The maximum Gasteiger partial charge on any atom is 0.220 e. The Hall–Kier alpha value is -0.240. The highest BCUT2D eigenvalue weighted by Crippen LogP contribution is 2.38. The minimum absolute atomic E-state index is 0.260. The van der Waals surface area contributed by atoms with Crippen molar-refractivity contribution in [1.29, 1.82) is 0 Å². The molecule has 2 unspecified atom stereocenters. The topological polar surface area (TPSA) is 77.4 Å². The summed E-state index contributed by atoms with van der Waals surface area (Å²) in [6, 6.07) is 0. The van der Waals surface area contributed by atoms with Crippen LogP contribution in [0.2, 0.25) is 0 Å². The van der Waals surface area contributed by atoms with E-state index < -0.39 is 23.8 Å². The highest BCUT2D eigenvalue weighted by Gasteiger charge is 2.56. The Balaban J connectivity index is 2.94. The van der Waals surface area contributed by atoms with Crippen molar-refractivity contribution in [3.63, 3.8) is 0 Å². The molecule has 1 fully saturated rings. The molecule has 0 amide bonds. The molecule has 6 heteroatoms. The first-order chi connectivity index (χ1) is 7.46. The predicted octanol–water partition coefficient (Wildman–Crippen LogP) is -0.520. The van der Waals surface area contributed by atoms with Crippen LogP contribution < -0.4 is 0 Å². The summed E-state index contributed by atoms with van der Waals surface area (Å²) < 4.78 is 21.7. The van der Waals surface area contributed by atoms with E-state index in [1.54, 1.807) is 13.8 Å². The van der Waals surface area contributed by atoms with E-state index in [1.807, 2.05) is 0 Å². The van der Waals surface area contributed by atoms with E-state index in [0.29, 0.717) is 0 Å². The summed E-state index contributed by atoms with van der Waals surface area (Å²) in [5, 5.41) is 18.3. The van der Waals surface area contributed by atoms with Crippen molar-refractivity contribution in [3.8, 4) is 0 Å². The van der Waals surface area contributed by atoms with Gasteiger partial charge in [0, 0.05) is 14.2 Å². The van der Waals surface area contributed by atoms with Crippen LogP contribution in [-0.4, -0.2) is 61.4 Å². The molecule has 0 spiro atoms. The number of methoxy groups -OCH3 is 2. The smallest absolute Gasteiger partial charge is 0.220 e. The van der Waals surface area contributed by atoms with Crippen molar-refractivity contribution in [3.05, 3.63) is 0 Å². The molecule has 2 N–H and O–H groups in total. The first-order valence-electron chi connectivity index (χ1n) is 5.14. The first-order valence-corrected chi connectivity index (χ1v) is 5.14. The number of hydrogen-bond acceptors (Lipinski definition) is 6. The van der Waals surface area contributed by atoms with E-state index in [-0.39, 0.29) is 13.2 Å². The molecular formula is C10H20O6. The lowest BCUT2D eigenvalue weighted by Crippen LogP contribution is -2.66. The normalized spacial score (nSPS) is 44.6. The van der Waals surface area contributed by atoms with Gasteiger partial charge in [0.25, 0.3) is 0 Å². The Labute approximate surface area is 95.1 Å². The van der Waals surface area contributed by atoms with Gasteiger partial charge in [-0.1, -0.05) is 0 Å². The third-order valence-electron chi connectivity index (χ3n) is 3.13. The maximum absolute atomic E-state index is 9.15. The Bertz CT molecular complexity index is 211. The van der Waals surface area contributed by atoms with E-state index in [2.05, 4.69) is 0 Å². The van der Waals surface area contributed by atoms with Crippen molar-refractivity contribution >= 4 is 0 Å². The molecule has 0 aliphatic carbocycles. The second kappa shape index (κ2) is 4.95. The second-order valence-corrected chi connectivity index (χ2v) is 3.98. The summed E-state index contributed by atoms with van der Waals surface area (Å²) >= 11 is 0. The molecule has 0 bridgehead atoms. The molecular weight excluding hydrogens is 216 g/mol. The number of aliphatic hydroxyl groups excluding tert-OH is 2. The number of hydrogen-bond donors (Lipinski definition) is 2. The molecule has 96 valence electrons. The predicted molar refractivity (Wildman–Crippen MR) is 54.7 cm³/mol. The highest BCUT2D eigenvalue weighted by molar-refractivity contribution is 4.90. The van der Waals surface area contributed by atoms with Gasteiger partial charge in [0.15, 0.2) is 0 Å². The molecule has 0 saturated carbocycles. The van der Waals surface area contributed by atoms with Crippen molar-refractivity contribution in [1.82, 2.24) is 0 Å². The van der Waals surface area contributed by atoms with Gasteiger partial charge in [0.1, 0.15) is 12.2 Å². The Morgan fingerprint density at radius 1 is 0.938 bits per heavy atom. The van der Waals surface area contributed by atoms with Crippen LogP contribution >= 0.6 is 0 Å². The van der Waals surface area contributed by atoms with Gasteiger partial charge in [-0.05, 0) is 13.8 Å². The van der Waals surface area contributed by atoms with E-state index in [4.69, 9.17) is 29.2 Å². The maximum atomic E-state index is 9.15. The number of aliphatic hydroxyl groups is 2. The summed E-state index contributed by atoms with van der Waals surface area (Å²) in [7, 11) is 2.93. The standard InChI is InChI=1S/C10H20O6/c1-9(13-3)10(2,14-4)16-8(6-12)7(5-11)15-9/h7-8,11-12H,5-6H2,1-4H3/t7?,8?,9-,10-/m1/s1. The molecule has 16 heavy (non-hydrogen) atoms. The number of rotatable bonds is 4. The van der Waals surface area contributed by atoms with Crippen LogP contribution in [0.25, 0.3) is 0 Å². The molecule has 6 nitrogen and oxygen atoms in total. The fourth-order valence-electron chi connectivity index (χ4n) is 1.72. The quantitative estimate of drug-likeness (QED) is 0.684. The lowest BCUT2D eigenvalue weighted by Gasteiger charge is -2.51. The third-order valence-corrected chi connectivity index (χ3v) is 3.13. The first kappa shape index (κ1) is 13.8. The second-order valence-electron chi connectivity index (χ2n) is 3.98. The minimum atomic E-state index is -1.14. The molecule has 0 aromatic heterocycles. The van der Waals surface area contributed by atoms with Crippen LogP contribution in [0.4, 0.5) is 0 Å². The average molecular weight is 236 g/mol. The Morgan fingerprint density at radius 3 is 1.44 bits per heavy atom. The lowest BCUT2D eigenvalue weighted by molar-refractivity contribution is -0.451. The zero-order valence-corrected chi connectivity index (χ0v) is 10.1. The SMILES string of the molecule is CO[C@]1(C)OC(CO)C(CO)O[C@@]1(C)OC. The average Bonchev–Trinajstić information content (AvgIpc) is 2.31. The molecule has 1 saturated heterocycles. The summed E-state index contributed by atoms with van der Waals surface area (Å²) in [6.07, 6.45) is -1.28. The molecule has 0 aromatic carbocycles. The minimum Gasteiger partial charge on any atom is -0.394 e. The van der Waals surface area contributed by atoms with Crippen LogP contribution in [0.3, 0.4) is 0 Å². The van der Waals surface area contributed by atoms with Crippen LogP contribution in [0.5, 0.6) is 0 Å². The van der Waals surface area contributed by atoms with Crippen molar-refractivity contribution in [2.45, 2.75) is 37.6 Å². The van der Waals surface area contributed by atoms with Crippen molar-refractivity contribution < 1.29 is 29.2 Å². The van der Waals surface area contributed by atoms with Crippen LogP contribution in [-0.2, 0) is 18.9 Å². The van der Waals surface area contributed by atoms with Gasteiger partial charge < -0.3 is 29.2 Å². The van der Waals surface area contributed by atoms with Crippen LogP contribution in [0.1, 0.15) is 13.8 Å². The van der Waals surface area contributed by atoms with E-state index in [0.717, 1.165) is 0 Å². The Kier molecular flexibility index (Phi) is 4.28. The molecule has 1 rings (SSSR count). The number of ether oxygens (including phenoxy) is 4. The zero-order chi connectivity index (χ0) is 12.4. The largest absolute Gasteiger partial charge is 0.394 e. The zero-order valence-electron chi connectivity index (χ0n) is 10.1. The third kappa shape index (κ3) is 2.09. The van der Waals surface area contributed by atoms with E-state index >= 15 is 0 Å². The fraction of sp³-hybridized carbons (Fsp3) is 1.00. The summed E-state index contributed by atoms with van der Waals surface area (Å²) in [4.78, 5) is 0. The molecule has 1 aliphatic rings. The van der Waals surface area contributed by atoms with Crippen LogP contribution in [0.15, 0.2) is 0 Å². The summed E-state index contributed by atoms with van der Waals surface area (Å²) in [5.74, 6) is -2.28. The summed E-state index contributed by atoms with van der Waals surface area (Å²) in [6.45, 7) is 2.80. The van der Waals surface area contributed by atoms with Gasteiger partial charge in [-0.15, -0.1) is 0 Å². The Morgan fingerprint density at radius 2 is 1.25 bits per heavy atom.